The Morgan fingerprint density at radius 1 is 1.41 bits per heavy atom. The molecule has 0 saturated heterocycles. The van der Waals surface area contributed by atoms with Gasteiger partial charge < -0.3 is 5.32 Å². The molecule has 6 heteroatoms. The summed E-state index contributed by atoms with van der Waals surface area (Å²) in [5.41, 5.74) is 0.905. The Hall–Kier alpha value is -1.27. The van der Waals surface area contributed by atoms with Gasteiger partial charge >= 0.3 is 0 Å². The molecule has 2 aromatic rings. The Kier molecular flexibility index (Phi) is 4.22. The van der Waals surface area contributed by atoms with E-state index < -0.39 is 0 Å². The summed E-state index contributed by atoms with van der Waals surface area (Å²) in [5, 5.41) is 9.77. The third-order valence-corrected chi connectivity index (χ3v) is 3.10. The number of aromatic nitrogens is 3. The van der Waals surface area contributed by atoms with Gasteiger partial charge in [0.2, 0.25) is 0 Å². The van der Waals surface area contributed by atoms with Crippen molar-refractivity contribution in [3.8, 4) is 0 Å². The highest BCUT2D eigenvalue weighted by Gasteiger charge is 2.01. The zero-order valence-corrected chi connectivity index (χ0v) is 10.7. The Balaban J connectivity index is 1.80. The molecule has 0 unspecified atom stereocenters. The van der Waals surface area contributed by atoms with E-state index in [1.54, 1.807) is 6.07 Å². The lowest BCUT2D eigenvalue weighted by Gasteiger charge is -2.06. The van der Waals surface area contributed by atoms with Gasteiger partial charge in [-0.25, -0.2) is 9.37 Å². The molecule has 1 aromatic carbocycles. The van der Waals surface area contributed by atoms with Crippen LogP contribution in [0.1, 0.15) is 11.4 Å². The standard InChI is InChI=1S/C11H12BrFN4/c12-10-2-1-9(13)5-8(10)6-14-4-3-11-15-7-16-17-11/h1-2,5,7,14H,3-4,6H2,(H,15,16,17). The van der Waals surface area contributed by atoms with E-state index in [-0.39, 0.29) is 5.82 Å². The fourth-order valence-corrected chi connectivity index (χ4v) is 1.85. The molecule has 0 aliphatic heterocycles. The zero-order chi connectivity index (χ0) is 12.1. The predicted octanol–water partition coefficient (Wildman–Crippen LogP) is 2.04. The summed E-state index contributed by atoms with van der Waals surface area (Å²) in [6, 6.07) is 4.66. The molecule has 0 atom stereocenters. The lowest BCUT2D eigenvalue weighted by Crippen LogP contribution is -2.17. The molecule has 0 radical (unpaired) electrons. The zero-order valence-electron chi connectivity index (χ0n) is 9.08. The molecular formula is C11H12BrFN4. The minimum Gasteiger partial charge on any atom is -0.312 e. The maximum Gasteiger partial charge on any atom is 0.137 e. The first-order valence-electron chi connectivity index (χ1n) is 5.24. The van der Waals surface area contributed by atoms with E-state index in [1.807, 2.05) is 0 Å². The van der Waals surface area contributed by atoms with Crippen molar-refractivity contribution in [1.82, 2.24) is 20.5 Å². The number of hydrogen-bond acceptors (Lipinski definition) is 3. The van der Waals surface area contributed by atoms with Crippen molar-refractivity contribution in [3.63, 3.8) is 0 Å². The number of nitrogens with one attached hydrogen (secondary N) is 2. The third kappa shape index (κ3) is 3.61. The van der Waals surface area contributed by atoms with E-state index in [0.29, 0.717) is 6.54 Å². The van der Waals surface area contributed by atoms with Gasteiger partial charge in [0.05, 0.1) is 0 Å². The highest BCUT2D eigenvalue weighted by molar-refractivity contribution is 9.10. The number of benzene rings is 1. The van der Waals surface area contributed by atoms with Crippen LogP contribution in [0.2, 0.25) is 0 Å². The topological polar surface area (TPSA) is 53.6 Å². The summed E-state index contributed by atoms with van der Waals surface area (Å²) in [5.74, 6) is 0.621. The van der Waals surface area contributed by atoms with Crippen LogP contribution in [0.5, 0.6) is 0 Å². The Morgan fingerprint density at radius 3 is 3.06 bits per heavy atom. The minimum absolute atomic E-state index is 0.222. The Bertz CT molecular complexity index is 472. The van der Waals surface area contributed by atoms with Gasteiger partial charge in [-0.3, -0.25) is 5.10 Å². The second kappa shape index (κ2) is 5.88. The lowest BCUT2D eigenvalue weighted by atomic mass is 10.2. The van der Waals surface area contributed by atoms with Gasteiger partial charge in [0, 0.05) is 24.0 Å². The molecule has 0 spiro atoms. The van der Waals surface area contributed by atoms with Crippen LogP contribution in [0.15, 0.2) is 29.0 Å². The van der Waals surface area contributed by atoms with E-state index in [2.05, 4.69) is 36.4 Å². The molecule has 17 heavy (non-hydrogen) atoms. The molecule has 0 bridgehead atoms. The molecule has 1 heterocycles. The second-order valence-electron chi connectivity index (χ2n) is 3.59. The van der Waals surface area contributed by atoms with E-state index >= 15 is 0 Å². The summed E-state index contributed by atoms with van der Waals surface area (Å²) >= 11 is 3.39. The first-order valence-corrected chi connectivity index (χ1v) is 6.04. The maximum absolute atomic E-state index is 13.0. The number of hydrogen-bond donors (Lipinski definition) is 2. The van der Waals surface area contributed by atoms with Crippen LogP contribution >= 0.6 is 15.9 Å². The molecule has 2 rings (SSSR count). The summed E-state index contributed by atoms with van der Waals surface area (Å²) in [6.07, 6.45) is 2.26. The third-order valence-electron chi connectivity index (χ3n) is 2.33. The Morgan fingerprint density at radius 2 is 2.29 bits per heavy atom. The monoisotopic (exact) mass is 298 g/mol. The second-order valence-corrected chi connectivity index (χ2v) is 4.45. The van der Waals surface area contributed by atoms with Crippen LogP contribution in [0, 0.1) is 5.82 Å². The fraction of sp³-hybridized carbons (Fsp3) is 0.273. The summed E-state index contributed by atoms with van der Waals surface area (Å²) in [6.45, 7) is 1.38. The van der Waals surface area contributed by atoms with E-state index in [0.717, 1.165) is 28.8 Å². The van der Waals surface area contributed by atoms with Gasteiger partial charge in [-0.05, 0) is 23.8 Å². The molecule has 0 amide bonds. The van der Waals surface area contributed by atoms with Gasteiger partial charge in [0.25, 0.3) is 0 Å². The molecular weight excluding hydrogens is 287 g/mol. The average molecular weight is 299 g/mol. The highest BCUT2D eigenvalue weighted by Crippen LogP contribution is 2.17. The van der Waals surface area contributed by atoms with Crippen LogP contribution < -0.4 is 5.32 Å². The SMILES string of the molecule is Fc1ccc(Br)c(CNCCc2ncn[nH]2)c1. The molecule has 0 aliphatic rings. The van der Waals surface area contributed by atoms with Crippen LogP contribution in [0.3, 0.4) is 0 Å². The predicted molar refractivity (Wildman–Crippen MR) is 65.9 cm³/mol. The first kappa shape index (κ1) is 12.2. The summed E-state index contributed by atoms with van der Waals surface area (Å²) < 4.78 is 13.9. The van der Waals surface area contributed by atoms with Crippen molar-refractivity contribution in [2.75, 3.05) is 6.54 Å². The normalized spacial score (nSPS) is 10.7. The largest absolute Gasteiger partial charge is 0.312 e. The van der Waals surface area contributed by atoms with E-state index in [1.165, 1.54) is 18.5 Å². The fourth-order valence-electron chi connectivity index (χ4n) is 1.46. The lowest BCUT2D eigenvalue weighted by molar-refractivity contribution is 0.618. The number of aromatic amines is 1. The minimum atomic E-state index is -0.222. The first-order chi connectivity index (χ1) is 8.25. The van der Waals surface area contributed by atoms with Crippen LogP contribution in [0.25, 0.3) is 0 Å². The molecule has 0 aliphatic carbocycles. The van der Waals surface area contributed by atoms with Crippen LogP contribution in [-0.2, 0) is 13.0 Å². The molecule has 2 N–H and O–H groups in total. The molecule has 0 saturated carbocycles. The van der Waals surface area contributed by atoms with Crippen molar-refractivity contribution < 1.29 is 4.39 Å². The smallest absolute Gasteiger partial charge is 0.137 e. The van der Waals surface area contributed by atoms with Crippen molar-refractivity contribution in [1.29, 1.82) is 0 Å². The number of nitrogens with zero attached hydrogens (tertiary/aromatic N) is 2. The van der Waals surface area contributed by atoms with Crippen molar-refractivity contribution in [3.05, 3.63) is 46.2 Å². The van der Waals surface area contributed by atoms with E-state index in [4.69, 9.17) is 0 Å². The van der Waals surface area contributed by atoms with Crippen molar-refractivity contribution in [2.45, 2.75) is 13.0 Å². The van der Waals surface area contributed by atoms with Crippen LogP contribution in [-0.4, -0.2) is 21.7 Å². The van der Waals surface area contributed by atoms with Gasteiger partial charge in [-0.1, -0.05) is 15.9 Å². The maximum atomic E-state index is 13.0. The molecule has 0 fully saturated rings. The van der Waals surface area contributed by atoms with Crippen LogP contribution in [0.4, 0.5) is 4.39 Å². The summed E-state index contributed by atoms with van der Waals surface area (Å²) in [7, 11) is 0. The number of halogens is 2. The van der Waals surface area contributed by atoms with Gasteiger partial charge in [0.15, 0.2) is 0 Å². The molecule has 4 nitrogen and oxygen atoms in total. The van der Waals surface area contributed by atoms with E-state index in [9.17, 15) is 4.39 Å². The molecule has 1 aromatic heterocycles. The quantitative estimate of drug-likeness (QED) is 0.831. The number of H-pyrrole nitrogens is 1. The van der Waals surface area contributed by atoms with Gasteiger partial charge in [-0.2, -0.15) is 5.10 Å². The Labute approximate surface area is 107 Å². The van der Waals surface area contributed by atoms with Crippen molar-refractivity contribution >= 4 is 15.9 Å². The van der Waals surface area contributed by atoms with Crippen molar-refractivity contribution in [2.24, 2.45) is 0 Å². The number of rotatable bonds is 5. The highest BCUT2D eigenvalue weighted by atomic mass is 79.9. The average Bonchev–Trinajstić information content (AvgIpc) is 2.82. The molecule has 90 valence electrons. The van der Waals surface area contributed by atoms with Gasteiger partial charge in [-0.15, -0.1) is 0 Å². The summed E-state index contributed by atoms with van der Waals surface area (Å²) in [4.78, 5) is 4.02. The van der Waals surface area contributed by atoms with Gasteiger partial charge in [0.1, 0.15) is 18.0 Å².